The van der Waals surface area contributed by atoms with Crippen molar-refractivity contribution in [3.63, 3.8) is 0 Å². The summed E-state index contributed by atoms with van der Waals surface area (Å²) >= 11 is 0. The van der Waals surface area contributed by atoms with E-state index in [2.05, 4.69) is 59.7 Å². The first-order valence-electron chi connectivity index (χ1n) is 11.5. The zero-order chi connectivity index (χ0) is 21.8. The lowest BCUT2D eigenvalue weighted by molar-refractivity contribution is 0.323. The molecular weight excluding hydrogens is 382 g/mol. The molecule has 2 aromatic carbocycles. The Bertz CT molecular complexity index is 1020. The van der Waals surface area contributed by atoms with E-state index in [-0.39, 0.29) is 0 Å². The number of hydrogen-bond acceptors (Lipinski definition) is 5. The summed E-state index contributed by atoms with van der Waals surface area (Å²) in [5, 5.41) is 8.39. The SMILES string of the molecule is Cc1ccc(CNC[C@H]2CC[C@@H](Nc3nc(N(C)C)c4ccccc4n3)CC2)c(C)c1. The van der Waals surface area contributed by atoms with Gasteiger partial charge in [0.25, 0.3) is 0 Å². The Morgan fingerprint density at radius 2 is 1.74 bits per heavy atom. The summed E-state index contributed by atoms with van der Waals surface area (Å²) < 4.78 is 0. The number of rotatable bonds is 7. The van der Waals surface area contributed by atoms with Crippen LogP contribution in [0.15, 0.2) is 42.5 Å². The van der Waals surface area contributed by atoms with E-state index in [9.17, 15) is 0 Å². The molecule has 0 aliphatic heterocycles. The fourth-order valence-electron chi connectivity index (χ4n) is 4.61. The Balaban J connectivity index is 1.29. The summed E-state index contributed by atoms with van der Waals surface area (Å²) in [7, 11) is 4.07. The van der Waals surface area contributed by atoms with E-state index in [1.54, 1.807) is 0 Å². The maximum Gasteiger partial charge on any atom is 0.225 e. The predicted octanol–water partition coefficient (Wildman–Crippen LogP) is 5.07. The second-order valence-corrected chi connectivity index (χ2v) is 9.21. The van der Waals surface area contributed by atoms with Crippen LogP contribution in [-0.4, -0.2) is 36.6 Å². The van der Waals surface area contributed by atoms with Gasteiger partial charge in [0.2, 0.25) is 5.95 Å². The van der Waals surface area contributed by atoms with Gasteiger partial charge < -0.3 is 15.5 Å². The van der Waals surface area contributed by atoms with E-state index in [0.717, 1.165) is 41.7 Å². The first-order valence-corrected chi connectivity index (χ1v) is 11.5. The molecule has 4 rings (SSSR count). The standard InChI is InChI=1S/C26H35N5/c1-18-9-12-21(19(2)15-18)17-27-16-20-10-13-22(14-11-20)28-26-29-24-8-6-5-7-23(24)25(30-26)31(3)4/h5-9,12,15,20,22,27H,10-11,13-14,16-17H2,1-4H3,(H,28,29,30)/t20-,22+. The van der Waals surface area contributed by atoms with Gasteiger partial charge in [-0.05, 0) is 75.3 Å². The van der Waals surface area contributed by atoms with Crippen LogP contribution in [-0.2, 0) is 6.54 Å². The zero-order valence-corrected chi connectivity index (χ0v) is 19.3. The van der Waals surface area contributed by atoms with Crippen LogP contribution in [0, 0.1) is 19.8 Å². The van der Waals surface area contributed by atoms with Gasteiger partial charge in [-0.1, -0.05) is 35.9 Å². The molecule has 1 saturated carbocycles. The maximum atomic E-state index is 4.80. The molecular formula is C26H35N5. The molecule has 5 heteroatoms. The first kappa shape index (κ1) is 21.6. The minimum Gasteiger partial charge on any atom is -0.362 e. The number of fused-ring (bicyclic) bond motifs is 1. The summed E-state index contributed by atoms with van der Waals surface area (Å²) in [4.78, 5) is 11.6. The quantitative estimate of drug-likeness (QED) is 0.562. The molecule has 0 saturated heterocycles. The highest BCUT2D eigenvalue weighted by molar-refractivity contribution is 5.90. The molecule has 1 aromatic heterocycles. The average molecular weight is 418 g/mol. The Morgan fingerprint density at radius 1 is 0.968 bits per heavy atom. The minimum absolute atomic E-state index is 0.451. The van der Waals surface area contributed by atoms with Gasteiger partial charge in [-0.25, -0.2) is 4.98 Å². The van der Waals surface area contributed by atoms with Crippen molar-refractivity contribution in [2.75, 3.05) is 30.9 Å². The number of nitrogens with one attached hydrogen (secondary N) is 2. The predicted molar refractivity (Wildman–Crippen MR) is 131 cm³/mol. The number of benzene rings is 2. The largest absolute Gasteiger partial charge is 0.362 e. The lowest BCUT2D eigenvalue weighted by atomic mass is 9.86. The normalized spacial score (nSPS) is 18.8. The van der Waals surface area contributed by atoms with Gasteiger partial charge in [0.05, 0.1) is 5.52 Å². The van der Waals surface area contributed by atoms with Gasteiger partial charge in [-0.15, -0.1) is 0 Å². The van der Waals surface area contributed by atoms with Crippen LogP contribution in [0.2, 0.25) is 0 Å². The van der Waals surface area contributed by atoms with E-state index in [4.69, 9.17) is 9.97 Å². The van der Waals surface area contributed by atoms with Crippen LogP contribution >= 0.6 is 0 Å². The van der Waals surface area contributed by atoms with Gasteiger partial charge in [0.1, 0.15) is 5.82 Å². The zero-order valence-electron chi connectivity index (χ0n) is 19.3. The second kappa shape index (κ2) is 9.65. The van der Waals surface area contributed by atoms with Gasteiger partial charge in [0.15, 0.2) is 0 Å². The average Bonchev–Trinajstić information content (AvgIpc) is 2.76. The molecule has 3 aromatic rings. The number of hydrogen-bond donors (Lipinski definition) is 2. The van der Waals surface area contributed by atoms with Crippen LogP contribution in [0.5, 0.6) is 0 Å². The monoisotopic (exact) mass is 417 g/mol. The van der Waals surface area contributed by atoms with Crippen molar-refractivity contribution in [2.45, 2.75) is 52.1 Å². The Labute approximate surface area is 186 Å². The molecule has 0 bridgehead atoms. The molecule has 0 atom stereocenters. The Hall–Kier alpha value is -2.66. The number of aryl methyl sites for hydroxylation is 2. The van der Waals surface area contributed by atoms with Crippen molar-refractivity contribution in [1.29, 1.82) is 0 Å². The van der Waals surface area contributed by atoms with E-state index >= 15 is 0 Å². The van der Waals surface area contributed by atoms with Crippen molar-refractivity contribution < 1.29 is 0 Å². The molecule has 1 heterocycles. The lowest BCUT2D eigenvalue weighted by Gasteiger charge is -2.29. The van der Waals surface area contributed by atoms with Gasteiger partial charge >= 0.3 is 0 Å². The van der Waals surface area contributed by atoms with Crippen LogP contribution in [0.1, 0.15) is 42.4 Å². The van der Waals surface area contributed by atoms with Gasteiger partial charge in [0, 0.05) is 32.1 Å². The molecule has 2 N–H and O–H groups in total. The molecule has 1 aliphatic rings. The fourth-order valence-corrected chi connectivity index (χ4v) is 4.61. The van der Waals surface area contributed by atoms with E-state index in [0.29, 0.717) is 6.04 Å². The molecule has 5 nitrogen and oxygen atoms in total. The highest BCUT2D eigenvalue weighted by Crippen LogP contribution is 2.28. The summed E-state index contributed by atoms with van der Waals surface area (Å²) in [6.45, 7) is 6.41. The third-order valence-electron chi connectivity index (χ3n) is 6.43. The third-order valence-corrected chi connectivity index (χ3v) is 6.43. The molecule has 0 radical (unpaired) electrons. The molecule has 0 spiro atoms. The van der Waals surface area contributed by atoms with Crippen molar-refractivity contribution >= 4 is 22.7 Å². The molecule has 0 unspecified atom stereocenters. The van der Waals surface area contributed by atoms with Gasteiger partial charge in [-0.3, -0.25) is 0 Å². The highest BCUT2D eigenvalue weighted by atomic mass is 15.2. The highest BCUT2D eigenvalue weighted by Gasteiger charge is 2.22. The molecule has 164 valence electrons. The number of para-hydroxylation sites is 1. The smallest absolute Gasteiger partial charge is 0.225 e. The van der Waals surface area contributed by atoms with Crippen molar-refractivity contribution in [3.05, 3.63) is 59.2 Å². The van der Waals surface area contributed by atoms with E-state index < -0.39 is 0 Å². The molecule has 31 heavy (non-hydrogen) atoms. The van der Waals surface area contributed by atoms with E-state index in [1.165, 1.54) is 42.4 Å². The number of anilines is 2. The number of nitrogens with zero attached hydrogens (tertiary/aromatic N) is 3. The Morgan fingerprint density at radius 3 is 2.48 bits per heavy atom. The summed E-state index contributed by atoms with van der Waals surface area (Å²) in [5.41, 5.74) is 5.12. The van der Waals surface area contributed by atoms with Crippen molar-refractivity contribution in [2.24, 2.45) is 5.92 Å². The molecule has 1 fully saturated rings. The summed E-state index contributed by atoms with van der Waals surface area (Å²) in [6, 6.07) is 15.4. The lowest BCUT2D eigenvalue weighted by Crippen LogP contribution is -2.31. The van der Waals surface area contributed by atoms with Crippen LogP contribution < -0.4 is 15.5 Å². The third kappa shape index (κ3) is 5.34. The fraction of sp³-hybridized carbons (Fsp3) is 0.462. The van der Waals surface area contributed by atoms with Crippen molar-refractivity contribution in [3.8, 4) is 0 Å². The van der Waals surface area contributed by atoms with Crippen LogP contribution in [0.25, 0.3) is 10.9 Å². The minimum atomic E-state index is 0.451. The Kier molecular flexibility index (Phi) is 6.71. The second-order valence-electron chi connectivity index (χ2n) is 9.21. The van der Waals surface area contributed by atoms with Gasteiger partial charge in [-0.2, -0.15) is 4.98 Å². The maximum absolute atomic E-state index is 4.80. The molecule has 1 aliphatic carbocycles. The van der Waals surface area contributed by atoms with E-state index in [1.807, 2.05) is 26.2 Å². The van der Waals surface area contributed by atoms with Crippen LogP contribution in [0.4, 0.5) is 11.8 Å². The van der Waals surface area contributed by atoms with Crippen molar-refractivity contribution in [1.82, 2.24) is 15.3 Å². The molecule has 0 amide bonds. The number of aromatic nitrogens is 2. The summed E-state index contributed by atoms with van der Waals surface area (Å²) in [5.74, 6) is 2.47. The first-order chi connectivity index (χ1) is 15.0. The summed E-state index contributed by atoms with van der Waals surface area (Å²) in [6.07, 6.45) is 4.82. The van der Waals surface area contributed by atoms with Crippen LogP contribution in [0.3, 0.4) is 0 Å². The topological polar surface area (TPSA) is 53.1 Å².